The minimum absolute atomic E-state index is 0.0727. The molecule has 144 valence electrons. The van der Waals surface area contributed by atoms with Gasteiger partial charge in [-0.05, 0) is 37.6 Å². The van der Waals surface area contributed by atoms with E-state index in [2.05, 4.69) is 25.6 Å². The third kappa shape index (κ3) is 5.43. The van der Waals surface area contributed by atoms with E-state index in [4.69, 9.17) is 5.73 Å². The number of nitrogen functional groups attached to an aromatic ring is 1. The van der Waals surface area contributed by atoms with Gasteiger partial charge in [-0.1, -0.05) is 36.4 Å². The molecule has 0 aliphatic carbocycles. The van der Waals surface area contributed by atoms with Gasteiger partial charge in [0.2, 0.25) is 17.8 Å². The number of aromatic nitrogens is 3. The zero-order valence-electron chi connectivity index (χ0n) is 15.7. The van der Waals surface area contributed by atoms with E-state index in [-0.39, 0.29) is 17.1 Å². The van der Waals surface area contributed by atoms with Gasteiger partial charge >= 0.3 is 0 Å². The number of para-hydroxylation sites is 2. The molecule has 2 aromatic carbocycles. The van der Waals surface area contributed by atoms with Gasteiger partial charge in [-0.15, -0.1) is 11.8 Å². The normalized spacial score (nSPS) is 11.6. The molecule has 0 radical (unpaired) electrons. The van der Waals surface area contributed by atoms with Gasteiger partial charge in [0.1, 0.15) is 5.82 Å². The number of rotatable bonds is 7. The minimum Gasteiger partial charge on any atom is -0.368 e. The number of hydrogen-bond donors (Lipinski definition) is 3. The van der Waals surface area contributed by atoms with Crippen molar-refractivity contribution >= 4 is 40.9 Å². The monoisotopic (exact) mass is 394 g/mol. The summed E-state index contributed by atoms with van der Waals surface area (Å²) in [6.07, 6.45) is 0. The fourth-order valence-corrected chi connectivity index (χ4v) is 3.17. The lowest BCUT2D eigenvalue weighted by Gasteiger charge is -2.12. The Labute approximate surface area is 168 Å². The number of hydrogen-bond acceptors (Lipinski definition) is 7. The topological polar surface area (TPSA) is 106 Å². The maximum Gasteiger partial charge on any atom is 0.237 e. The first-order valence-electron chi connectivity index (χ1n) is 8.82. The number of nitrogens with two attached hydrogens (primary N) is 1. The molecule has 3 rings (SSSR count). The van der Waals surface area contributed by atoms with E-state index < -0.39 is 0 Å². The van der Waals surface area contributed by atoms with Crippen LogP contribution in [0.2, 0.25) is 0 Å². The average Bonchev–Trinajstić information content (AvgIpc) is 2.68. The summed E-state index contributed by atoms with van der Waals surface area (Å²) >= 11 is 1.44. The summed E-state index contributed by atoms with van der Waals surface area (Å²) in [6.45, 7) is 3.84. The molecule has 0 saturated carbocycles. The van der Waals surface area contributed by atoms with Crippen molar-refractivity contribution in [3.8, 4) is 0 Å². The van der Waals surface area contributed by atoms with Gasteiger partial charge in [0.05, 0.1) is 11.0 Å². The summed E-state index contributed by atoms with van der Waals surface area (Å²) in [5, 5.41) is 5.78. The van der Waals surface area contributed by atoms with E-state index in [9.17, 15) is 4.79 Å². The van der Waals surface area contributed by atoms with Crippen LogP contribution in [0.5, 0.6) is 0 Å². The third-order valence-electron chi connectivity index (χ3n) is 3.96. The number of amides is 1. The van der Waals surface area contributed by atoms with Gasteiger partial charge in [-0.2, -0.15) is 15.0 Å². The highest BCUT2D eigenvalue weighted by molar-refractivity contribution is 7.99. The molecule has 4 N–H and O–H groups in total. The van der Waals surface area contributed by atoms with E-state index in [0.29, 0.717) is 17.5 Å². The molecule has 1 atom stereocenters. The molecular weight excluding hydrogens is 372 g/mol. The molecule has 8 heteroatoms. The lowest BCUT2D eigenvalue weighted by molar-refractivity contribution is -0.115. The lowest BCUT2D eigenvalue weighted by atomic mass is 10.2. The Hall–Kier alpha value is -3.13. The number of anilines is 4. The van der Waals surface area contributed by atoms with Crippen LogP contribution in [-0.4, -0.2) is 26.1 Å². The summed E-state index contributed by atoms with van der Waals surface area (Å²) in [7, 11) is 0. The van der Waals surface area contributed by atoms with Gasteiger partial charge < -0.3 is 16.4 Å². The van der Waals surface area contributed by atoms with Crippen LogP contribution in [0, 0.1) is 6.92 Å². The molecule has 3 aromatic rings. The molecule has 0 aliphatic rings. The van der Waals surface area contributed by atoms with E-state index in [0.717, 1.165) is 16.9 Å². The van der Waals surface area contributed by atoms with Crippen molar-refractivity contribution in [2.24, 2.45) is 0 Å². The Kier molecular flexibility index (Phi) is 6.44. The van der Waals surface area contributed by atoms with Crippen LogP contribution in [0.1, 0.15) is 18.3 Å². The molecule has 1 amide bonds. The fourth-order valence-electron chi connectivity index (χ4n) is 2.43. The second kappa shape index (κ2) is 9.18. The van der Waals surface area contributed by atoms with E-state index >= 15 is 0 Å². The second-order valence-corrected chi connectivity index (χ2v) is 7.51. The Balaban J connectivity index is 1.61. The summed E-state index contributed by atoms with van der Waals surface area (Å²) in [5.41, 5.74) is 8.58. The molecule has 0 spiro atoms. The van der Waals surface area contributed by atoms with Crippen LogP contribution in [0.15, 0.2) is 54.6 Å². The van der Waals surface area contributed by atoms with Gasteiger partial charge in [-0.3, -0.25) is 4.79 Å². The predicted molar refractivity (Wildman–Crippen MR) is 115 cm³/mol. The summed E-state index contributed by atoms with van der Waals surface area (Å²) in [4.78, 5) is 25.1. The minimum atomic E-state index is -0.272. The van der Waals surface area contributed by atoms with Crippen LogP contribution in [-0.2, 0) is 10.5 Å². The highest BCUT2D eigenvalue weighted by Crippen LogP contribution is 2.21. The number of thioether (sulfide) groups is 1. The van der Waals surface area contributed by atoms with Gasteiger partial charge in [0.25, 0.3) is 0 Å². The van der Waals surface area contributed by atoms with Crippen LogP contribution in [0.3, 0.4) is 0 Å². The number of carbonyl (C=O) groups is 1. The number of nitrogens with zero attached hydrogens (tertiary/aromatic N) is 3. The number of carbonyl (C=O) groups excluding carboxylic acids is 1. The Bertz CT molecular complexity index is 950. The van der Waals surface area contributed by atoms with Crippen LogP contribution in [0.25, 0.3) is 0 Å². The summed E-state index contributed by atoms with van der Waals surface area (Å²) in [5.74, 6) is 1.42. The van der Waals surface area contributed by atoms with Gasteiger partial charge in [0, 0.05) is 11.4 Å². The van der Waals surface area contributed by atoms with Crippen LogP contribution < -0.4 is 16.4 Å². The molecule has 1 heterocycles. The van der Waals surface area contributed by atoms with Crippen molar-refractivity contribution in [2.45, 2.75) is 24.9 Å². The maximum absolute atomic E-state index is 12.3. The van der Waals surface area contributed by atoms with Crippen molar-refractivity contribution in [2.75, 3.05) is 16.4 Å². The fraction of sp³-hybridized carbons (Fsp3) is 0.200. The lowest BCUT2D eigenvalue weighted by Crippen LogP contribution is -2.22. The Morgan fingerprint density at radius 1 is 1.07 bits per heavy atom. The number of benzene rings is 2. The van der Waals surface area contributed by atoms with Crippen molar-refractivity contribution in [3.05, 3.63) is 66.0 Å². The zero-order chi connectivity index (χ0) is 19.9. The maximum atomic E-state index is 12.3. The molecular formula is C20H22N6OS. The molecule has 1 unspecified atom stereocenters. The average molecular weight is 395 g/mol. The van der Waals surface area contributed by atoms with Crippen molar-refractivity contribution in [3.63, 3.8) is 0 Å². The summed E-state index contributed by atoms with van der Waals surface area (Å²) < 4.78 is 0. The largest absolute Gasteiger partial charge is 0.368 e. The van der Waals surface area contributed by atoms with Gasteiger partial charge in [-0.25, -0.2) is 0 Å². The molecule has 0 fully saturated rings. The highest BCUT2D eigenvalue weighted by Gasteiger charge is 2.15. The number of nitrogens with one attached hydrogen (secondary N) is 2. The predicted octanol–water partition coefficient (Wildman–Crippen LogP) is 3.77. The third-order valence-corrected chi connectivity index (χ3v) is 5.10. The molecule has 0 aliphatic heterocycles. The summed E-state index contributed by atoms with van der Waals surface area (Å²) in [6, 6.07) is 17.2. The van der Waals surface area contributed by atoms with E-state index in [1.54, 1.807) is 0 Å². The van der Waals surface area contributed by atoms with Crippen LogP contribution >= 0.6 is 11.8 Å². The number of aryl methyl sites for hydroxylation is 1. The Morgan fingerprint density at radius 2 is 1.79 bits per heavy atom. The molecule has 0 bridgehead atoms. The SMILES string of the molecule is Cc1ccccc1Nc1nc(N)nc(CSC(C)C(=O)Nc2ccccc2)n1. The first kappa shape index (κ1) is 19.6. The molecule has 1 aromatic heterocycles. The second-order valence-electron chi connectivity index (χ2n) is 6.18. The van der Waals surface area contributed by atoms with E-state index in [1.165, 1.54) is 11.8 Å². The first-order valence-corrected chi connectivity index (χ1v) is 9.87. The van der Waals surface area contributed by atoms with E-state index in [1.807, 2.05) is 68.4 Å². The van der Waals surface area contributed by atoms with Crippen molar-refractivity contribution < 1.29 is 4.79 Å². The van der Waals surface area contributed by atoms with Crippen molar-refractivity contribution in [1.82, 2.24) is 15.0 Å². The zero-order valence-corrected chi connectivity index (χ0v) is 16.5. The smallest absolute Gasteiger partial charge is 0.237 e. The van der Waals surface area contributed by atoms with Crippen LogP contribution in [0.4, 0.5) is 23.3 Å². The standard InChI is InChI=1S/C20H22N6OS/c1-13-8-6-7-11-16(13)23-20-25-17(24-19(21)26-20)12-28-14(2)18(27)22-15-9-4-3-5-10-15/h3-11,14H,12H2,1-2H3,(H,22,27)(H3,21,23,24,25,26). The highest BCUT2D eigenvalue weighted by atomic mass is 32.2. The van der Waals surface area contributed by atoms with Gasteiger partial charge in [0.15, 0.2) is 0 Å². The first-order chi connectivity index (χ1) is 13.5. The molecule has 0 saturated heterocycles. The van der Waals surface area contributed by atoms with Crippen molar-refractivity contribution in [1.29, 1.82) is 0 Å². The molecule has 28 heavy (non-hydrogen) atoms. The molecule has 7 nitrogen and oxygen atoms in total. The quantitative estimate of drug-likeness (QED) is 0.560. The Morgan fingerprint density at radius 3 is 2.54 bits per heavy atom.